The zero-order valence-corrected chi connectivity index (χ0v) is 8.98. The second-order valence-electron chi connectivity index (χ2n) is 3.88. The average Bonchev–Trinajstić information content (AvgIpc) is 2.18. The fourth-order valence-electron chi connectivity index (χ4n) is 1.69. The van der Waals surface area contributed by atoms with Crippen molar-refractivity contribution in [3.05, 3.63) is 35.9 Å². The van der Waals surface area contributed by atoms with E-state index in [1.807, 2.05) is 6.07 Å². The van der Waals surface area contributed by atoms with E-state index in [1.54, 1.807) is 0 Å². The largest absolute Gasteiger partial charge is 0.396 e. The minimum atomic E-state index is 0.257. The van der Waals surface area contributed by atoms with Crippen molar-refractivity contribution in [1.82, 2.24) is 4.90 Å². The zero-order valence-electron chi connectivity index (χ0n) is 8.98. The van der Waals surface area contributed by atoms with E-state index in [1.165, 1.54) is 5.56 Å². The van der Waals surface area contributed by atoms with Gasteiger partial charge in [0.05, 0.1) is 0 Å². The van der Waals surface area contributed by atoms with Gasteiger partial charge in [-0.3, -0.25) is 0 Å². The van der Waals surface area contributed by atoms with Gasteiger partial charge in [0.25, 0.3) is 0 Å². The highest BCUT2D eigenvalue weighted by Crippen LogP contribution is 2.19. The van der Waals surface area contributed by atoms with Crippen LogP contribution in [0.3, 0.4) is 0 Å². The van der Waals surface area contributed by atoms with Crippen molar-refractivity contribution >= 4 is 0 Å². The molecule has 1 aromatic rings. The van der Waals surface area contributed by atoms with E-state index < -0.39 is 0 Å². The molecule has 1 atom stereocenters. The molecular formula is C12H19NO. The molecular weight excluding hydrogens is 174 g/mol. The molecule has 2 heteroatoms. The Hall–Kier alpha value is -0.860. The van der Waals surface area contributed by atoms with Crippen molar-refractivity contribution in [2.45, 2.75) is 12.3 Å². The lowest BCUT2D eigenvalue weighted by atomic mass is 9.96. The van der Waals surface area contributed by atoms with E-state index in [-0.39, 0.29) is 6.61 Å². The second kappa shape index (κ2) is 5.78. The first-order valence-corrected chi connectivity index (χ1v) is 5.04. The number of rotatable bonds is 5. The van der Waals surface area contributed by atoms with Gasteiger partial charge < -0.3 is 10.0 Å². The second-order valence-corrected chi connectivity index (χ2v) is 3.88. The molecule has 0 amide bonds. The van der Waals surface area contributed by atoms with Crippen LogP contribution in [0.5, 0.6) is 0 Å². The van der Waals surface area contributed by atoms with Crippen molar-refractivity contribution in [2.75, 3.05) is 27.2 Å². The predicted molar refractivity (Wildman–Crippen MR) is 59.4 cm³/mol. The van der Waals surface area contributed by atoms with E-state index >= 15 is 0 Å². The van der Waals surface area contributed by atoms with Gasteiger partial charge in [-0.05, 0) is 32.0 Å². The van der Waals surface area contributed by atoms with Crippen molar-refractivity contribution in [1.29, 1.82) is 0 Å². The molecule has 14 heavy (non-hydrogen) atoms. The number of nitrogens with zero attached hydrogens (tertiary/aromatic N) is 1. The first kappa shape index (κ1) is 11.2. The van der Waals surface area contributed by atoms with Crippen LogP contribution in [0, 0.1) is 0 Å². The summed E-state index contributed by atoms with van der Waals surface area (Å²) in [5.41, 5.74) is 1.32. The first-order chi connectivity index (χ1) is 6.74. The van der Waals surface area contributed by atoms with E-state index in [9.17, 15) is 0 Å². The number of hydrogen-bond acceptors (Lipinski definition) is 2. The minimum absolute atomic E-state index is 0.257. The lowest BCUT2D eigenvalue weighted by Crippen LogP contribution is -2.21. The molecule has 0 radical (unpaired) electrons. The summed E-state index contributed by atoms with van der Waals surface area (Å²) < 4.78 is 0. The van der Waals surface area contributed by atoms with Crippen LogP contribution in [0.25, 0.3) is 0 Å². The predicted octanol–water partition coefficient (Wildman–Crippen LogP) is 1.71. The summed E-state index contributed by atoms with van der Waals surface area (Å²) in [5.74, 6) is 0.441. The molecule has 0 saturated heterocycles. The van der Waals surface area contributed by atoms with Crippen LogP contribution in [-0.2, 0) is 0 Å². The Morgan fingerprint density at radius 1 is 1.21 bits per heavy atom. The maximum atomic E-state index is 8.99. The number of aliphatic hydroxyl groups is 1. The quantitative estimate of drug-likeness (QED) is 0.769. The normalized spacial score (nSPS) is 13.1. The van der Waals surface area contributed by atoms with Crippen LogP contribution in [0.15, 0.2) is 30.3 Å². The van der Waals surface area contributed by atoms with Gasteiger partial charge in [-0.1, -0.05) is 30.3 Å². The highest BCUT2D eigenvalue weighted by molar-refractivity contribution is 5.19. The van der Waals surface area contributed by atoms with E-state index in [0.717, 1.165) is 13.0 Å². The van der Waals surface area contributed by atoms with Gasteiger partial charge in [-0.2, -0.15) is 0 Å². The molecule has 0 heterocycles. The summed E-state index contributed by atoms with van der Waals surface area (Å²) in [5, 5.41) is 8.99. The number of hydrogen-bond donors (Lipinski definition) is 1. The third-order valence-electron chi connectivity index (χ3n) is 2.33. The van der Waals surface area contributed by atoms with Gasteiger partial charge in [0, 0.05) is 13.2 Å². The molecule has 0 aliphatic rings. The van der Waals surface area contributed by atoms with Gasteiger partial charge in [0.1, 0.15) is 0 Å². The Bertz CT molecular complexity index is 246. The Morgan fingerprint density at radius 3 is 2.36 bits per heavy atom. The average molecular weight is 193 g/mol. The van der Waals surface area contributed by atoms with Gasteiger partial charge in [0.2, 0.25) is 0 Å². The molecule has 1 rings (SSSR count). The summed E-state index contributed by atoms with van der Waals surface area (Å²) >= 11 is 0. The Labute approximate surface area is 86.2 Å². The summed E-state index contributed by atoms with van der Waals surface area (Å²) in [6.45, 7) is 1.25. The summed E-state index contributed by atoms with van der Waals surface area (Å²) in [6, 6.07) is 10.4. The van der Waals surface area contributed by atoms with Gasteiger partial charge >= 0.3 is 0 Å². The van der Waals surface area contributed by atoms with Crippen LogP contribution < -0.4 is 0 Å². The third kappa shape index (κ3) is 3.48. The Balaban J connectivity index is 2.67. The molecule has 2 nitrogen and oxygen atoms in total. The highest BCUT2D eigenvalue weighted by Gasteiger charge is 2.11. The molecule has 0 aliphatic heterocycles. The van der Waals surface area contributed by atoms with Crippen molar-refractivity contribution < 1.29 is 5.11 Å². The summed E-state index contributed by atoms with van der Waals surface area (Å²) in [6.07, 6.45) is 0.836. The lowest BCUT2D eigenvalue weighted by Gasteiger charge is -2.20. The number of likely N-dealkylation sites (N-methyl/N-ethyl adjacent to an activating group) is 1. The van der Waals surface area contributed by atoms with Crippen molar-refractivity contribution in [2.24, 2.45) is 0 Å². The van der Waals surface area contributed by atoms with E-state index in [2.05, 4.69) is 43.3 Å². The monoisotopic (exact) mass is 193 g/mol. The van der Waals surface area contributed by atoms with Crippen molar-refractivity contribution in [3.8, 4) is 0 Å². The molecule has 0 saturated carbocycles. The molecule has 0 fully saturated rings. The molecule has 0 spiro atoms. The number of benzene rings is 1. The van der Waals surface area contributed by atoms with Crippen molar-refractivity contribution in [3.63, 3.8) is 0 Å². The molecule has 0 aliphatic carbocycles. The molecule has 0 aromatic heterocycles. The van der Waals surface area contributed by atoms with E-state index in [0.29, 0.717) is 5.92 Å². The third-order valence-corrected chi connectivity index (χ3v) is 2.33. The molecule has 1 unspecified atom stereocenters. The van der Waals surface area contributed by atoms with E-state index in [4.69, 9.17) is 5.11 Å². The van der Waals surface area contributed by atoms with Crippen LogP contribution >= 0.6 is 0 Å². The maximum absolute atomic E-state index is 8.99. The molecule has 78 valence electrons. The van der Waals surface area contributed by atoms with Crippen LogP contribution in [0.2, 0.25) is 0 Å². The SMILES string of the molecule is CN(C)CC(CCO)c1ccccc1. The van der Waals surface area contributed by atoms with Gasteiger partial charge in [-0.15, -0.1) is 0 Å². The first-order valence-electron chi connectivity index (χ1n) is 5.04. The fraction of sp³-hybridized carbons (Fsp3) is 0.500. The fourth-order valence-corrected chi connectivity index (χ4v) is 1.69. The topological polar surface area (TPSA) is 23.5 Å². The minimum Gasteiger partial charge on any atom is -0.396 e. The maximum Gasteiger partial charge on any atom is 0.0437 e. The molecule has 1 N–H and O–H groups in total. The summed E-state index contributed by atoms with van der Waals surface area (Å²) in [7, 11) is 4.13. The smallest absolute Gasteiger partial charge is 0.0437 e. The highest BCUT2D eigenvalue weighted by atomic mass is 16.3. The lowest BCUT2D eigenvalue weighted by molar-refractivity contribution is 0.258. The van der Waals surface area contributed by atoms with Gasteiger partial charge in [-0.25, -0.2) is 0 Å². The van der Waals surface area contributed by atoms with Crippen LogP contribution in [0.4, 0.5) is 0 Å². The summed E-state index contributed by atoms with van der Waals surface area (Å²) in [4.78, 5) is 2.16. The van der Waals surface area contributed by atoms with Crippen LogP contribution in [-0.4, -0.2) is 37.3 Å². The Morgan fingerprint density at radius 2 is 1.86 bits per heavy atom. The van der Waals surface area contributed by atoms with Crippen LogP contribution in [0.1, 0.15) is 17.9 Å². The standard InChI is InChI=1S/C12H19NO/c1-13(2)10-12(8-9-14)11-6-4-3-5-7-11/h3-7,12,14H,8-10H2,1-2H3. The zero-order chi connectivity index (χ0) is 10.4. The van der Waals surface area contributed by atoms with Gasteiger partial charge in [0.15, 0.2) is 0 Å². The Kier molecular flexibility index (Phi) is 4.63. The number of aliphatic hydroxyl groups excluding tert-OH is 1. The molecule has 1 aromatic carbocycles. The molecule has 0 bridgehead atoms.